The lowest BCUT2D eigenvalue weighted by atomic mass is 10.3. The zero-order valence-electron chi connectivity index (χ0n) is 10.3. The summed E-state index contributed by atoms with van der Waals surface area (Å²) in [6.07, 6.45) is 1.51. The number of ether oxygens (including phenoxy) is 2. The van der Waals surface area contributed by atoms with Crippen molar-refractivity contribution < 1.29 is 19.4 Å². The number of carbonyl (C=O) groups is 1. The lowest BCUT2D eigenvalue weighted by molar-refractivity contribution is -0.144. The van der Waals surface area contributed by atoms with Crippen LogP contribution in [0, 0.1) is 0 Å². The van der Waals surface area contributed by atoms with Gasteiger partial charge in [0.25, 0.3) is 0 Å². The molecule has 0 aliphatic heterocycles. The van der Waals surface area contributed by atoms with Crippen molar-refractivity contribution in [2.75, 3.05) is 25.6 Å². The third kappa shape index (κ3) is 5.54. The Morgan fingerprint density at radius 1 is 1.22 bits per heavy atom. The molecule has 0 atom stereocenters. The third-order valence-corrected chi connectivity index (χ3v) is 2.30. The van der Waals surface area contributed by atoms with Crippen molar-refractivity contribution >= 4 is 11.7 Å². The first kappa shape index (κ1) is 14.3. The van der Waals surface area contributed by atoms with Crippen molar-refractivity contribution in [2.24, 2.45) is 0 Å². The minimum absolute atomic E-state index is 0.119. The van der Waals surface area contributed by atoms with E-state index in [1.165, 1.54) is 0 Å². The van der Waals surface area contributed by atoms with E-state index in [4.69, 9.17) is 20.3 Å². The largest absolute Gasteiger partial charge is 0.491 e. The van der Waals surface area contributed by atoms with Crippen LogP contribution in [0.2, 0.25) is 0 Å². The van der Waals surface area contributed by atoms with Crippen LogP contribution in [0.4, 0.5) is 5.69 Å². The molecule has 100 valence electrons. The highest BCUT2D eigenvalue weighted by Gasteiger charge is 2.04. The SMILES string of the molecule is Nc1ccccc1OCCC(=O)OCCCCO. The van der Waals surface area contributed by atoms with Crippen LogP contribution in [0.25, 0.3) is 0 Å². The molecular weight excluding hydrogens is 234 g/mol. The molecule has 0 radical (unpaired) electrons. The number of anilines is 1. The first-order valence-corrected chi connectivity index (χ1v) is 5.98. The molecule has 3 N–H and O–H groups in total. The predicted molar refractivity (Wildman–Crippen MR) is 68.2 cm³/mol. The van der Waals surface area contributed by atoms with Crippen molar-refractivity contribution in [1.82, 2.24) is 0 Å². The van der Waals surface area contributed by atoms with E-state index in [9.17, 15) is 4.79 Å². The molecule has 5 heteroatoms. The Bertz CT molecular complexity index is 368. The predicted octanol–water partition coefficient (Wildman–Crippen LogP) is 1.35. The summed E-state index contributed by atoms with van der Waals surface area (Å²) in [6.45, 7) is 0.702. The molecule has 0 saturated carbocycles. The number of hydrogen-bond acceptors (Lipinski definition) is 5. The van der Waals surface area contributed by atoms with Crippen LogP contribution in [0.15, 0.2) is 24.3 Å². The number of benzene rings is 1. The van der Waals surface area contributed by atoms with E-state index < -0.39 is 0 Å². The average Bonchev–Trinajstić information content (AvgIpc) is 2.37. The Balaban J connectivity index is 2.14. The number of nitrogen functional groups attached to an aromatic ring is 1. The summed E-state index contributed by atoms with van der Waals surface area (Å²) >= 11 is 0. The number of para-hydroxylation sites is 2. The van der Waals surface area contributed by atoms with Gasteiger partial charge in [-0.1, -0.05) is 12.1 Å². The molecule has 0 aromatic heterocycles. The van der Waals surface area contributed by atoms with Crippen LogP contribution in [0.5, 0.6) is 5.75 Å². The van der Waals surface area contributed by atoms with Gasteiger partial charge in [0, 0.05) is 6.61 Å². The lowest BCUT2D eigenvalue weighted by Gasteiger charge is -2.08. The summed E-state index contributed by atoms with van der Waals surface area (Å²) in [4.78, 5) is 11.3. The summed E-state index contributed by atoms with van der Waals surface area (Å²) < 4.78 is 10.3. The Hall–Kier alpha value is -1.75. The highest BCUT2D eigenvalue weighted by atomic mass is 16.5. The highest BCUT2D eigenvalue weighted by Crippen LogP contribution is 2.19. The van der Waals surface area contributed by atoms with E-state index >= 15 is 0 Å². The van der Waals surface area contributed by atoms with Gasteiger partial charge in [-0.3, -0.25) is 4.79 Å². The van der Waals surface area contributed by atoms with Gasteiger partial charge in [0.1, 0.15) is 5.75 Å². The number of aliphatic hydroxyl groups is 1. The van der Waals surface area contributed by atoms with E-state index in [2.05, 4.69) is 0 Å². The molecule has 0 amide bonds. The minimum Gasteiger partial charge on any atom is -0.491 e. The smallest absolute Gasteiger partial charge is 0.309 e. The van der Waals surface area contributed by atoms with Crippen molar-refractivity contribution in [2.45, 2.75) is 19.3 Å². The number of carbonyl (C=O) groups excluding carboxylic acids is 1. The standard InChI is InChI=1S/C13H19NO4/c14-11-5-1-2-6-12(11)17-10-7-13(16)18-9-4-3-8-15/h1-2,5-6,15H,3-4,7-10,14H2. The molecule has 0 fully saturated rings. The molecule has 0 aliphatic rings. The van der Waals surface area contributed by atoms with Gasteiger partial charge in [-0.2, -0.15) is 0 Å². The fourth-order valence-electron chi connectivity index (χ4n) is 1.33. The van der Waals surface area contributed by atoms with E-state index in [0.717, 1.165) is 0 Å². The first-order valence-electron chi connectivity index (χ1n) is 5.98. The second-order valence-electron chi connectivity index (χ2n) is 3.79. The van der Waals surface area contributed by atoms with Crippen LogP contribution in [-0.2, 0) is 9.53 Å². The van der Waals surface area contributed by atoms with Crippen molar-refractivity contribution in [1.29, 1.82) is 0 Å². The fraction of sp³-hybridized carbons (Fsp3) is 0.462. The minimum atomic E-state index is -0.303. The lowest BCUT2D eigenvalue weighted by Crippen LogP contribution is -2.11. The van der Waals surface area contributed by atoms with Crippen molar-refractivity contribution in [3.63, 3.8) is 0 Å². The van der Waals surface area contributed by atoms with Crippen LogP contribution in [-0.4, -0.2) is 30.9 Å². The molecule has 0 unspecified atom stereocenters. The van der Waals surface area contributed by atoms with Crippen LogP contribution in [0.3, 0.4) is 0 Å². The molecule has 0 aliphatic carbocycles. The number of hydrogen-bond donors (Lipinski definition) is 2. The summed E-state index contributed by atoms with van der Waals surface area (Å²) in [5, 5.41) is 8.55. The zero-order valence-corrected chi connectivity index (χ0v) is 10.3. The molecular formula is C13H19NO4. The zero-order chi connectivity index (χ0) is 13.2. The number of nitrogens with two attached hydrogens (primary N) is 1. The Morgan fingerprint density at radius 2 is 2.00 bits per heavy atom. The van der Waals surface area contributed by atoms with Gasteiger partial charge in [0.15, 0.2) is 0 Å². The summed E-state index contributed by atoms with van der Waals surface area (Å²) in [7, 11) is 0. The summed E-state index contributed by atoms with van der Waals surface area (Å²) in [5.74, 6) is 0.271. The third-order valence-electron chi connectivity index (χ3n) is 2.30. The number of unbranched alkanes of at least 4 members (excludes halogenated alkanes) is 1. The van der Waals surface area contributed by atoms with Crippen LogP contribution in [0.1, 0.15) is 19.3 Å². The molecule has 0 spiro atoms. The Morgan fingerprint density at radius 3 is 2.72 bits per heavy atom. The molecule has 5 nitrogen and oxygen atoms in total. The second-order valence-corrected chi connectivity index (χ2v) is 3.79. The van der Waals surface area contributed by atoms with E-state index in [-0.39, 0.29) is 25.6 Å². The van der Waals surface area contributed by atoms with Gasteiger partial charge in [-0.15, -0.1) is 0 Å². The topological polar surface area (TPSA) is 81.8 Å². The van der Waals surface area contributed by atoms with Gasteiger partial charge in [0.05, 0.1) is 25.3 Å². The van der Waals surface area contributed by atoms with Crippen molar-refractivity contribution in [3.8, 4) is 5.75 Å². The first-order chi connectivity index (χ1) is 8.74. The Kier molecular flexibility index (Phi) is 6.64. The summed E-state index contributed by atoms with van der Waals surface area (Å²) in [6, 6.07) is 7.13. The maximum atomic E-state index is 11.3. The molecule has 1 aromatic rings. The maximum absolute atomic E-state index is 11.3. The van der Waals surface area contributed by atoms with Gasteiger partial charge in [-0.25, -0.2) is 0 Å². The molecule has 0 bridgehead atoms. The number of rotatable bonds is 8. The Labute approximate surface area is 107 Å². The quantitative estimate of drug-likeness (QED) is 0.415. The van der Waals surface area contributed by atoms with E-state index in [1.54, 1.807) is 12.1 Å². The molecule has 1 rings (SSSR count). The number of esters is 1. The van der Waals surface area contributed by atoms with Gasteiger partial charge >= 0.3 is 5.97 Å². The number of aliphatic hydroxyl groups excluding tert-OH is 1. The molecule has 1 aromatic carbocycles. The monoisotopic (exact) mass is 253 g/mol. The van der Waals surface area contributed by atoms with E-state index in [0.29, 0.717) is 30.9 Å². The van der Waals surface area contributed by atoms with Crippen molar-refractivity contribution in [3.05, 3.63) is 24.3 Å². The van der Waals surface area contributed by atoms with Crippen LogP contribution < -0.4 is 10.5 Å². The average molecular weight is 253 g/mol. The van der Waals surface area contributed by atoms with Gasteiger partial charge in [0.2, 0.25) is 0 Å². The van der Waals surface area contributed by atoms with Gasteiger partial charge < -0.3 is 20.3 Å². The second kappa shape index (κ2) is 8.36. The molecule has 18 heavy (non-hydrogen) atoms. The van der Waals surface area contributed by atoms with Crippen LogP contribution >= 0.6 is 0 Å². The summed E-state index contributed by atoms with van der Waals surface area (Å²) in [5.41, 5.74) is 6.24. The highest BCUT2D eigenvalue weighted by molar-refractivity contribution is 5.69. The molecule has 0 saturated heterocycles. The fourth-order valence-corrected chi connectivity index (χ4v) is 1.33. The maximum Gasteiger partial charge on any atom is 0.309 e. The normalized spacial score (nSPS) is 10.1. The van der Waals surface area contributed by atoms with Gasteiger partial charge in [-0.05, 0) is 25.0 Å². The van der Waals surface area contributed by atoms with E-state index in [1.807, 2.05) is 12.1 Å². The molecule has 0 heterocycles.